The number of H-pyrrole nitrogens is 1. The van der Waals surface area contributed by atoms with Crippen molar-refractivity contribution < 1.29 is 10.2 Å². The van der Waals surface area contributed by atoms with E-state index in [1.807, 2.05) is 0 Å². The number of hydrogen-bond donors (Lipinski definition) is 3. The Bertz CT molecular complexity index is 836. The molecule has 2 aliphatic rings. The molecule has 0 bridgehead atoms. The topological polar surface area (TPSA) is 89.5 Å². The number of benzene rings is 1. The monoisotopic (exact) mass is 355 g/mol. The molecular weight excluding hydrogens is 330 g/mol. The molecule has 0 spiro atoms. The van der Waals surface area contributed by atoms with Crippen molar-refractivity contribution in [3.05, 3.63) is 51.2 Å². The molecular formula is C20H25N3O3. The van der Waals surface area contributed by atoms with Crippen LogP contribution in [0.5, 0.6) is 11.5 Å². The fourth-order valence-electron chi connectivity index (χ4n) is 4.21. The zero-order valence-corrected chi connectivity index (χ0v) is 14.9. The van der Waals surface area contributed by atoms with Crippen LogP contribution in [0.25, 0.3) is 0 Å². The van der Waals surface area contributed by atoms with Crippen LogP contribution in [0.2, 0.25) is 0 Å². The number of fused-ring (bicyclic) bond motifs is 1. The minimum Gasteiger partial charge on any atom is -0.508 e. The third kappa shape index (κ3) is 3.60. The quantitative estimate of drug-likeness (QED) is 0.788. The second-order valence-electron chi connectivity index (χ2n) is 7.53. The molecule has 4 rings (SSSR count). The molecule has 0 amide bonds. The molecule has 1 aromatic carbocycles. The summed E-state index contributed by atoms with van der Waals surface area (Å²) in [5.41, 5.74) is 2.50. The van der Waals surface area contributed by atoms with Gasteiger partial charge in [0.2, 0.25) is 0 Å². The van der Waals surface area contributed by atoms with Gasteiger partial charge in [-0.05, 0) is 30.5 Å². The second-order valence-corrected chi connectivity index (χ2v) is 7.53. The van der Waals surface area contributed by atoms with E-state index in [1.165, 1.54) is 25.3 Å². The van der Waals surface area contributed by atoms with E-state index < -0.39 is 0 Å². The molecule has 1 fully saturated rings. The Morgan fingerprint density at radius 2 is 1.85 bits per heavy atom. The molecule has 0 radical (unpaired) electrons. The Morgan fingerprint density at radius 3 is 2.58 bits per heavy atom. The summed E-state index contributed by atoms with van der Waals surface area (Å²) in [5.74, 6) is 1.37. The predicted molar refractivity (Wildman–Crippen MR) is 98.3 cm³/mol. The molecule has 3 N–H and O–H groups in total. The lowest BCUT2D eigenvalue weighted by Crippen LogP contribution is -2.36. The molecule has 0 saturated heterocycles. The fraction of sp³-hybridized carbons (Fsp3) is 0.500. The molecule has 0 unspecified atom stereocenters. The zero-order valence-electron chi connectivity index (χ0n) is 14.9. The molecule has 26 heavy (non-hydrogen) atoms. The van der Waals surface area contributed by atoms with E-state index in [4.69, 9.17) is 4.98 Å². The number of aromatic nitrogens is 2. The van der Waals surface area contributed by atoms with Crippen LogP contribution < -0.4 is 5.56 Å². The Kier molecular flexibility index (Phi) is 4.68. The van der Waals surface area contributed by atoms with Gasteiger partial charge in [-0.1, -0.05) is 19.3 Å². The van der Waals surface area contributed by atoms with Crippen LogP contribution in [0.1, 0.15) is 60.7 Å². The van der Waals surface area contributed by atoms with Crippen molar-refractivity contribution in [3.8, 4) is 11.5 Å². The maximum absolute atomic E-state index is 12.6. The van der Waals surface area contributed by atoms with Crippen LogP contribution in [0.3, 0.4) is 0 Å². The Morgan fingerprint density at radius 1 is 1.12 bits per heavy atom. The van der Waals surface area contributed by atoms with Crippen LogP contribution in [0, 0.1) is 0 Å². The van der Waals surface area contributed by atoms with Gasteiger partial charge in [-0.25, -0.2) is 4.98 Å². The highest BCUT2D eigenvalue weighted by atomic mass is 16.3. The SMILES string of the molecule is O=c1[nH]c(C2CCCCC2)nc2c1CN(Cc1cc(O)cc(O)c1)CC2. The predicted octanol–water partition coefficient (Wildman–Crippen LogP) is 2.79. The van der Waals surface area contributed by atoms with Crippen LogP contribution >= 0.6 is 0 Å². The Hall–Kier alpha value is -2.34. The van der Waals surface area contributed by atoms with Gasteiger partial charge in [0.1, 0.15) is 17.3 Å². The van der Waals surface area contributed by atoms with Gasteiger partial charge in [0.15, 0.2) is 0 Å². The first-order valence-corrected chi connectivity index (χ1v) is 9.45. The maximum Gasteiger partial charge on any atom is 0.255 e. The minimum atomic E-state index is -0.0148. The van der Waals surface area contributed by atoms with E-state index in [2.05, 4.69) is 9.88 Å². The first-order chi connectivity index (χ1) is 12.6. The number of aromatic amines is 1. The summed E-state index contributed by atoms with van der Waals surface area (Å²) in [6.45, 7) is 1.92. The highest BCUT2D eigenvalue weighted by molar-refractivity contribution is 5.36. The van der Waals surface area contributed by atoms with Gasteiger partial charge in [-0.15, -0.1) is 0 Å². The van der Waals surface area contributed by atoms with Crippen molar-refractivity contribution in [3.63, 3.8) is 0 Å². The number of nitrogens with zero attached hydrogens (tertiary/aromatic N) is 2. The highest BCUT2D eigenvalue weighted by Crippen LogP contribution is 2.31. The number of nitrogens with one attached hydrogen (secondary N) is 1. The summed E-state index contributed by atoms with van der Waals surface area (Å²) >= 11 is 0. The summed E-state index contributed by atoms with van der Waals surface area (Å²) in [6, 6.07) is 4.60. The molecule has 0 atom stereocenters. The maximum atomic E-state index is 12.6. The normalized spacial score (nSPS) is 18.6. The van der Waals surface area contributed by atoms with Crippen LogP contribution in [0.15, 0.2) is 23.0 Å². The molecule has 6 heteroatoms. The van der Waals surface area contributed by atoms with E-state index in [1.54, 1.807) is 12.1 Å². The van der Waals surface area contributed by atoms with Crippen molar-refractivity contribution in [1.29, 1.82) is 0 Å². The number of rotatable bonds is 3. The van der Waals surface area contributed by atoms with E-state index in [-0.39, 0.29) is 17.1 Å². The summed E-state index contributed by atoms with van der Waals surface area (Å²) in [6.07, 6.45) is 6.71. The summed E-state index contributed by atoms with van der Waals surface area (Å²) in [4.78, 5) is 22.6. The van der Waals surface area contributed by atoms with Crippen molar-refractivity contribution in [2.45, 2.75) is 57.5 Å². The minimum absolute atomic E-state index is 0.0148. The Balaban J connectivity index is 1.52. The summed E-state index contributed by atoms with van der Waals surface area (Å²) in [5, 5.41) is 19.3. The van der Waals surface area contributed by atoms with Crippen molar-refractivity contribution >= 4 is 0 Å². The van der Waals surface area contributed by atoms with Gasteiger partial charge in [-0.2, -0.15) is 0 Å². The largest absolute Gasteiger partial charge is 0.508 e. The standard InChI is InChI=1S/C20H25N3O3/c24-15-8-13(9-16(25)10-15)11-23-7-6-18-17(12-23)20(26)22-19(21-18)14-4-2-1-3-5-14/h8-10,14,24-25H,1-7,11-12H2,(H,21,22,26). The summed E-state index contributed by atoms with van der Waals surface area (Å²) < 4.78 is 0. The number of hydrogen-bond acceptors (Lipinski definition) is 5. The van der Waals surface area contributed by atoms with Crippen molar-refractivity contribution in [1.82, 2.24) is 14.9 Å². The third-order valence-corrected chi connectivity index (χ3v) is 5.53. The average Bonchev–Trinajstić information content (AvgIpc) is 2.62. The molecule has 1 aliphatic carbocycles. The van der Waals surface area contributed by atoms with E-state index in [9.17, 15) is 15.0 Å². The van der Waals surface area contributed by atoms with Gasteiger partial charge in [0.25, 0.3) is 5.56 Å². The van der Waals surface area contributed by atoms with Crippen molar-refractivity contribution in [2.75, 3.05) is 6.54 Å². The smallest absolute Gasteiger partial charge is 0.255 e. The number of phenolic OH excluding ortho intramolecular Hbond substituents is 2. The van der Waals surface area contributed by atoms with Gasteiger partial charge in [0, 0.05) is 38.0 Å². The Labute approximate surface area is 152 Å². The summed E-state index contributed by atoms with van der Waals surface area (Å²) in [7, 11) is 0. The molecule has 1 aromatic heterocycles. The number of aromatic hydroxyl groups is 2. The molecule has 138 valence electrons. The third-order valence-electron chi connectivity index (χ3n) is 5.53. The highest BCUT2D eigenvalue weighted by Gasteiger charge is 2.24. The lowest BCUT2D eigenvalue weighted by atomic mass is 9.88. The van der Waals surface area contributed by atoms with Gasteiger partial charge < -0.3 is 15.2 Å². The second kappa shape index (κ2) is 7.11. The van der Waals surface area contributed by atoms with E-state index in [0.29, 0.717) is 19.0 Å². The first kappa shape index (κ1) is 17.1. The molecule has 1 saturated carbocycles. The van der Waals surface area contributed by atoms with E-state index in [0.717, 1.165) is 48.5 Å². The zero-order chi connectivity index (χ0) is 18.1. The van der Waals surface area contributed by atoms with Crippen molar-refractivity contribution in [2.24, 2.45) is 0 Å². The lowest BCUT2D eigenvalue weighted by molar-refractivity contribution is 0.240. The average molecular weight is 355 g/mol. The molecule has 2 heterocycles. The van der Waals surface area contributed by atoms with Crippen LogP contribution in [-0.2, 0) is 19.5 Å². The van der Waals surface area contributed by atoms with Crippen LogP contribution in [-0.4, -0.2) is 31.6 Å². The fourth-order valence-corrected chi connectivity index (χ4v) is 4.21. The number of phenols is 2. The first-order valence-electron chi connectivity index (χ1n) is 9.45. The molecule has 6 nitrogen and oxygen atoms in total. The molecule has 1 aliphatic heterocycles. The molecule has 2 aromatic rings. The van der Waals surface area contributed by atoms with E-state index >= 15 is 0 Å². The lowest BCUT2D eigenvalue weighted by Gasteiger charge is -2.29. The van der Waals surface area contributed by atoms with Gasteiger partial charge in [-0.3, -0.25) is 9.69 Å². The van der Waals surface area contributed by atoms with Gasteiger partial charge >= 0.3 is 0 Å². The van der Waals surface area contributed by atoms with Gasteiger partial charge in [0.05, 0.1) is 11.3 Å². The van der Waals surface area contributed by atoms with Crippen LogP contribution in [0.4, 0.5) is 0 Å².